The molecular formula is C14H17FN2O2. The largest absolute Gasteiger partial charge is 0.346 e. The Labute approximate surface area is 111 Å². The Kier molecular flexibility index (Phi) is 3.48. The Morgan fingerprint density at radius 3 is 2.89 bits per heavy atom. The van der Waals surface area contributed by atoms with Gasteiger partial charge in [0.1, 0.15) is 5.82 Å². The lowest BCUT2D eigenvalue weighted by Crippen LogP contribution is -2.52. The number of hydrogen-bond acceptors (Lipinski definition) is 4. The number of ether oxygens (including phenoxy) is 1. The van der Waals surface area contributed by atoms with Crippen molar-refractivity contribution in [2.45, 2.75) is 31.7 Å². The number of rotatable bonds is 2. The van der Waals surface area contributed by atoms with Crippen LogP contribution in [0.3, 0.4) is 0 Å². The highest BCUT2D eigenvalue weighted by atomic mass is 19.1. The van der Waals surface area contributed by atoms with Crippen molar-refractivity contribution in [1.29, 1.82) is 0 Å². The van der Waals surface area contributed by atoms with Gasteiger partial charge >= 0.3 is 0 Å². The molecule has 2 aliphatic heterocycles. The van der Waals surface area contributed by atoms with Gasteiger partial charge in [-0.15, -0.1) is 0 Å². The minimum absolute atomic E-state index is 0.160. The van der Waals surface area contributed by atoms with Gasteiger partial charge in [-0.1, -0.05) is 6.07 Å². The average Bonchev–Trinajstić information content (AvgIpc) is 2.47. The molecule has 0 amide bonds. The Hall–Kier alpha value is -1.46. The van der Waals surface area contributed by atoms with Crippen molar-refractivity contribution < 1.29 is 13.9 Å². The number of carbonyl (C=O) groups is 1. The van der Waals surface area contributed by atoms with E-state index in [1.165, 1.54) is 6.07 Å². The summed E-state index contributed by atoms with van der Waals surface area (Å²) in [7, 11) is 0. The molecule has 2 aliphatic rings. The van der Waals surface area contributed by atoms with Crippen molar-refractivity contribution in [1.82, 2.24) is 5.32 Å². The number of carbonyl (C=O) groups excluding carboxylic acids is 1. The quantitative estimate of drug-likeness (QED) is 0.821. The van der Waals surface area contributed by atoms with Crippen LogP contribution >= 0.6 is 0 Å². The van der Waals surface area contributed by atoms with E-state index in [2.05, 4.69) is 5.32 Å². The van der Waals surface area contributed by atoms with Gasteiger partial charge in [0.05, 0.1) is 6.61 Å². The van der Waals surface area contributed by atoms with Gasteiger partial charge in [-0.3, -0.25) is 4.79 Å². The molecule has 1 unspecified atom stereocenters. The zero-order valence-corrected chi connectivity index (χ0v) is 10.6. The predicted molar refractivity (Wildman–Crippen MR) is 69.4 cm³/mol. The van der Waals surface area contributed by atoms with Gasteiger partial charge in [-0.25, -0.2) is 4.39 Å². The lowest BCUT2D eigenvalue weighted by molar-refractivity contribution is -0.120. The molecule has 5 heteroatoms. The molecule has 2 heterocycles. The SMILES string of the molecule is O=CC1OCc2c(F)cccc2N1C1CCNCC1. The molecule has 102 valence electrons. The molecule has 19 heavy (non-hydrogen) atoms. The van der Waals surface area contributed by atoms with Crippen LogP contribution < -0.4 is 10.2 Å². The second kappa shape index (κ2) is 5.27. The predicted octanol–water partition coefficient (Wildman–Crippen LogP) is 1.44. The minimum atomic E-state index is -0.600. The first kappa shape index (κ1) is 12.6. The summed E-state index contributed by atoms with van der Waals surface area (Å²) in [6.45, 7) is 1.99. The van der Waals surface area contributed by atoms with Crippen LogP contribution in [0, 0.1) is 5.82 Å². The third-order valence-electron chi connectivity index (χ3n) is 3.86. The highest BCUT2D eigenvalue weighted by Gasteiger charge is 2.33. The second-order valence-corrected chi connectivity index (χ2v) is 4.96. The maximum Gasteiger partial charge on any atom is 0.187 e. The summed E-state index contributed by atoms with van der Waals surface area (Å²) in [5.74, 6) is -0.263. The summed E-state index contributed by atoms with van der Waals surface area (Å²) in [6.07, 6.45) is 2.07. The fourth-order valence-electron chi connectivity index (χ4n) is 2.91. The van der Waals surface area contributed by atoms with Crippen molar-refractivity contribution in [2.75, 3.05) is 18.0 Å². The highest BCUT2D eigenvalue weighted by molar-refractivity contribution is 5.68. The van der Waals surface area contributed by atoms with Gasteiger partial charge in [-0.05, 0) is 38.1 Å². The molecule has 1 fully saturated rings. The average molecular weight is 264 g/mol. The number of anilines is 1. The lowest BCUT2D eigenvalue weighted by atomic mass is 10.0. The van der Waals surface area contributed by atoms with E-state index in [-0.39, 0.29) is 18.5 Å². The maximum absolute atomic E-state index is 13.8. The zero-order valence-electron chi connectivity index (χ0n) is 10.6. The number of fused-ring (bicyclic) bond motifs is 1. The molecule has 1 N–H and O–H groups in total. The third kappa shape index (κ3) is 2.24. The number of benzene rings is 1. The van der Waals surface area contributed by atoms with Gasteiger partial charge in [-0.2, -0.15) is 0 Å². The van der Waals surface area contributed by atoms with Crippen LogP contribution in [0.1, 0.15) is 18.4 Å². The standard InChI is InChI=1S/C14H17FN2O2/c15-12-2-1-3-13-11(12)9-19-14(8-18)17(13)10-4-6-16-7-5-10/h1-3,8,10,14,16H,4-7,9H2. The van der Waals surface area contributed by atoms with Crippen LogP contribution in [0.25, 0.3) is 0 Å². The minimum Gasteiger partial charge on any atom is -0.346 e. The molecule has 0 aromatic heterocycles. The van der Waals surface area contributed by atoms with Gasteiger partial charge in [0, 0.05) is 17.3 Å². The number of hydrogen-bond donors (Lipinski definition) is 1. The van der Waals surface area contributed by atoms with E-state index < -0.39 is 6.23 Å². The van der Waals surface area contributed by atoms with Gasteiger partial charge in [0.25, 0.3) is 0 Å². The smallest absolute Gasteiger partial charge is 0.187 e. The molecular weight excluding hydrogens is 247 g/mol. The first-order valence-corrected chi connectivity index (χ1v) is 6.64. The Morgan fingerprint density at radius 1 is 1.37 bits per heavy atom. The first-order valence-electron chi connectivity index (χ1n) is 6.64. The lowest BCUT2D eigenvalue weighted by Gasteiger charge is -2.43. The molecule has 0 bridgehead atoms. The summed E-state index contributed by atoms with van der Waals surface area (Å²) in [5.41, 5.74) is 1.36. The van der Waals surface area contributed by atoms with Crippen LogP contribution in [0.2, 0.25) is 0 Å². The van der Waals surface area contributed by atoms with E-state index >= 15 is 0 Å². The fourth-order valence-corrected chi connectivity index (χ4v) is 2.91. The van der Waals surface area contributed by atoms with Crippen molar-refractivity contribution in [3.8, 4) is 0 Å². The van der Waals surface area contributed by atoms with Gasteiger partial charge < -0.3 is 15.0 Å². The van der Waals surface area contributed by atoms with Gasteiger partial charge in [0.15, 0.2) is 12.5 Å². The summed E-state index contributed by atoms with van der Waals surface area (Å²) in [4.78, 5) is 13.2. The van der Waals surface area contributed by atoms with Gasteiger partial charge in [0.2, 0.25) is 0 Å². The van der Waals surface area contributed by atoms with Crippen molar-refractivity contribution in [3.05, 3.63) is 29.6 Å². The molecule has 1 aromatic rings. The maximum atomic E-state index is 13.8. The summed E-state index contributed by atoms with van der Waals surface area (Å²) in [6, 6.07) is 5.22. The number of aldehydes is 1. The molecule has 0 radical (unpaired) electrons. The second-order valence-electron chi connectivity index (χ2n) is 4.96. The van der Waals surface area contributed by atoms with E-state index in [9.17, 15) is 9.18 Å². The van der Waals surface area contributed by atoms with E-state index in [1.54, 1.807) is 6.07 Å². The van der Waals surface area contributed by atoms with E-state index in [1.807, 2.05) is 11.0 Å². The molecule has 4 nitrogen and oxygen atoms in total. The molecule has 0 spiro atoms. The Bertz CT molecular complexity index is 475. The monoisotopic (exact) mass is 264 g/mol. The van der Waals surface area contributed by atoms with Crippen molar-refractivity contribution >= 4 is 12.0 Å². The number of piperidine rings is 1. The highest BCUT2D eigenvalue weighted by Crippen LogP contribution is 2.33. The molecule has 1 saturated heterocycles. The van der Waals surface area contributed by atoms with Crippen LogP contribution in [0.4, 0.5) is 10.1 Å². The molecule has 3 rings (SSSR count). The Balaban J connectivity index is 1.99. The first-order chi connectivity index (χ1) is 9.31. The summed E-state index contributed by atoms with van der Waals surface area (Å²) < 4.78 is 19.3. The van der Waals surface area contributed by atoms with E-state index in [0.29, 0.717) is 5.56 Å². The molecule has 1 atom stereocenters. The topological polar surface area (TPSA) is 41.6 Å². The van der Waals surface area contributed by atoms with Crippen LogP contribution in [0.15, 0.2) is 18.2 Å². The zero-order chi connectivity index (χ0) is 13.2. The molecule has 0 aliphatic carbocycles. The number of nitrogens with one attached hydrogen (secondary N) is 1. The number of halogens is 1. The Morgan fingerprint density at radius 2 is 2.16 bits per heavy atom. The number of nitrogens with zero attached hydrogens (tertiary/aromatic N) is 1. The third-order valence-corrected chi connectivity index (χ3v) is 3.86. The van der Waals surface area contributed by atoms with E-state index in [0.717, 1.165) is 37.9 Å². The van der Waals surface area contributed by atoms with Crippen LogP contribution in [-0.4, -0.2) is 31.6 Å². The summed E-state index contributed by atoms with van der Waals surface area (Å²) >= 11 is 0. The van der Waals surface area contributed by atoms with Crippen LogP contribution in [-0.2, 0) is 16.1 Å². The van der Waals surface area contributed by atoms with Crippen molar-refractivity contribution in [2.24, 2.45) is 0 Å². The normalized spacial score (nSPS) is 24.1. The van der Waals surface area contributed by atoms with Crippen LogP contribution in [0.5, 0.6) is 0 Å². The summed E-state index contributed by atoms with van der Waals surface area (Å²) in [5, 5.41) is 3.29. The fraction of sp³-hybridized carbons (Fsp3) is 0.500. The van der Waals surface area contributed by atoms with E-state index in [4.69, 9.17) is 4.74 Å². The molecule has 0 saturated carbocycles. The van der Waals surface area contributed by atoms with Crippen molar-refractivity contribution in [3.63, 3.8) is 0 Å². The molecule has 1 aromatic carbocycles.